The summed E-state index contributed by atoms with van der Waals surface area (Å²) < 4.78 is 1.80. The van der Waals surface area contributed by atoms with Crippen LogP contribution in [-0.4, -0.2) is 51.5 Å². The molecule has 3 rings (SSSR count). The summed E-state index contributed by atoms with van der Waals surface area (Å²) in [6, 6.07) is 0. The van der Waals surface area contributed by atoms with Gasteiger partial charge in [-0.05, 0) is 6.42 Å². The molecule has 0 radical (unpaired) electrons. The van der Waals surface area contributed by atoms with Gasteiger partial charge in [0, 0.05) is 50.5 Å². The lowest BCUT2D eigenvalue weighted by molar-refractivity contribution is 0.0741. The molecule has 7 heteroatoms. The maximum absolute atomic E-state index is 12.3. The van der Waals surface area contributed by atoms with Gasteiger partial charge in [-0.15, -0.1) is 11.3 Å². The molecule has 1 aliphatic rings. The minimum atomic E-state index is 0.0173. The number of hydrogen-bond donors (Lipinski definition) is 0. The Kier molecular flexibility index (Phi) is 3.92. The van der Waals surface area contributed by atoms with E-state index < -0.39 is 0 Å². The van der Waals surface area contributed by atoms with Crippen LogP contribution in [0.4, 0.5) is 5.13 Å². The molecule has 0 aliphatic carbocycles. The zero-order chi connectivity index (χ0) is 14.8. The standard InChI is InChI=1S/C14H19N5OS/c1-3-11-8-15-14(21-11)19-6-4-18(5-7-19)13(20)12-9-17(2)10-16-12/h8-10H,3-7H2,1-2H3. The van der Waals surface area contributed by atoms with Gasteiger partial charge in [-0.1, -0.05) is 6.92 Å². The second-order valence-corrected chi connectivity index (χ2v) is 6.26. The molecular weight excluding hydrogens is 286 g/mol. The third kappa shape index (κ3) is 2.92. The van der Waals surface area contributed by atoms with Gasteiger partial charge in [0.15, 0.2) is 5.13 Å². The van der Waals surface area contributed by atoms with Crippen LogP contribution in [0.25, 0.3) is 0 Å². The van der Waals surface area contributed by atoms with E-state index in [4.69, 9.17) is 0 Å². The van der Waals surface area contributed by atoms with E-state index in [-0.39, 0.29) is 5.91 Å². The van der Waals surface area contributed by atoms with Crippen molar-refractivity contribution >= 4 is 22.4 Å². The summed E-state index contributed by atoms with van der Waals surface area (Å²) in [5, 5.41) is 1.07. The number of carbonyl (C=O) groups excluding carboxylic acids is 1. The van der Waals surface area contributed by atoms with Crippen LogP contribution in [0.15, 0.2) is 18.7 Å². The number of hydrogen-bond acceptors (Lipinski definition) is 5. The van der Waals surface area contributed by atoms with E-state index in [1.807, 2.05) is 18.1 Å². The van der Waals surface area contributed by atoms with Gasteiger partial charge in [0.1, 0.15) is 5.69 Å². The SMILES string of the molecule is CCc1cnc(N2CCN(C(=O)c3cn(C)cn3)CC2)s1. The van der Waals surface area contributed by atoms with Crippen molar-refractivity contribution in [3.8, 4) is 0 Å². The number of imidazole rings is 1. The number of amides is 1. The zero-order valence-corrected chi connectivity index (χ0v) is 13.1. The quantitative estimate of drug-likeness (QED) is 0.860. The summed E-state index contributed by atoms with van der Waals surface area (Å²) >= 11 is 1.74. The molecule has 0 bridgehead atoms. The summed E-state index contributed by atoms with van der Waals surface area (Å²) in [7, 11) is 1.87. The molecule has 112 valence electrons. The monoisotopic (exact) mass is 305 g/mol. The molecule has 0 saturated carbocycles. The molecule has 2 aromatic rings. The Labute approximate surface area is 128 Å². The van der Waals surface area contributed by atoms with E-state index in [9.17, 15) is 4.79 Å². The molecule has 1 saturated heterocycles. The Hall–Kier alpha value is -1.89. The number of aryl methyl sites for hydroxylation is 2. The molecule has 0 unspecified atom stereocenters. The van der Waals surface area contributed by atoms with Crippen molar-refractivity contribution in [2.24, 2.45) is 7.05 Å². The molecule has 1 amide bonds. The zero-order valence-electron chi connectivity index (χ0n) is 12.3. The molecule has 1 fully saturated rings. The lowest BCUT2D eigenvalue weighted by Gasteiger charge is -2.34. The Morgan fingerprint density at radius 3 is 2.62 bits per heavy atom. The van der Waals surface area contributed by atoms with Crippen LogP contribution >= 0.6 is 11.3 Å². The topological polar surface area (TPSA) is 54.3 Å². The number of thiazole rings is 1. The Morgan fingerprint density at radius 2 is 2.05 bits per heavy atom. The second-order valence-electron chi connectivity index (χ2n) is 5.17. The van der Waals surface area contributed by atoms with Gasteiger partial charge in [0.05, 0.1) is 6.33 Å². The van der Waals surface area contributed by atoms with Crippen molar-refractivity contribution in [1.29, 1.82) is 0 Å². The average Bonchev–Trinajstić information content (AvgIpc) is 3.15. The summed E-state index contributed by atoms with van der Waals surface area (Å²) in [5.41, 5.74) is 0.522. The number of aromatic nitrogens is 3. The number of rotatable bonds is 3. The molecule has 21 heavy (non-hydrogen) atoms. The van der Waals surface area contributed by atoms with E-state index >= 15 is 0 Å². The maximum atomic E-state index is 12.3. The van der Waals surface area contributed by atoms with E-state index in [1.165, 1.54) is 4.88 Å². The predicted octanol–water partition coefficient (Wildman–Crippen LogP) is 1.40. The lowest BCUT2D eigenvalue weighted by Crippen LogP contribution is -2.48. The van der Waals surface area contributed by atoms with Crippen LogP contribution in [-0.2, 0) is 13.5 Å². The van der Waals surface area contributed by atoms with Gasteiger partial charge in [-0.3, -0.25) is 4.79 Å². The highest BCUT2D eigenvalue weighted by atomic mass is 32.1. The normalized spacial score (nSPS) is 15.5. The van der Waals surface area contributed by atoms with E-state index in [0.29, 0.717) is 5.69 Å². The lowest BCUT2D eigenvalue weighted by atomic mass is 10.3. The number of carbonyl (C=O) groups is 1. The highest BCUT2D eigenvalue weighted by molar-refractivity contribution is 7.15. The van der Waals surface area contributed by atoms with Crippen LogP contribution in [0.1, 0.15) is 22.3 Å². The van der Waals surface area contributed by atoms with Crippen molar-refractivity contribution in [3.05, 3.63) is 29.3 Å². The predicted molar refractivity (Wildman–Crippen MR) is 82.8 cm³/mol. The minimum absolute atomic E-state index is 0.0173. The molecule has 0 aromatic carbocycles. The highest BCUT2D eigenvalue weighted by Gasteiger charge is 2.24. The number of nitrogens with zero attached hydrogens (tertiary/aromatic N) is 5. The summed E-state index contributed by atoms with van der Waals surface area (Å²) in [5.74, 6) is 0.0173. The highest BCUT2D eigenvalue weighted by Crippen LogP contribution is 2.24. The van der Waals surface area contributed by atoms with Gasteiger partial charge < -0.3 is 14.4 Å². The van der Waals surface area contributed by atoms with Gasteiger partial charge in [0.25, 0.3) is 5.91 Å². The largest absolute Gasteiger partial charge is 0.345 e. The van der Waals surface area contributed by atoms with Crippen molar-refractivity contribution < 1.29 is 4.79 Å². The molecule has 0 atom stereocenters. The smallest absolute Gasteiger partial charge is 0.274 e. The van der Waals surface area contributed by atoms with Gasteiger partial charge in [0.2, 0.25) is 0 Å². The van der Waals surface area contributed by atoms with Gasteiger partial charge in [-0.25, -0.2) is 9.97 Å². The van der Waals surface area contributed by atoms with Gasteiger partial charge in [-0.2, -0.15) is 0 Å². The van der Waals surface area contributed by atoms with E-state index in [1.54, 1.807) is 28.4 Å². The summed E-state index contributed by atoms with van der Waals surface area (Å²) in [6.45, 7) is 5.23. The first-order valence-electron chi connectivity index (χ1n) is 7.14. The number of anilines is 1. The minimum Gasteiger partial charge on any atom is -0.345 e. The van der Waals surface area contributed by atoms with Gasteiger partial charge >= 0.3 is 0 Å². The van der Waals surface area contributed by atoms with Crippen LogP contribution in [0.3, 0.4) is 0 Å². The Balaban J connectivity index is 1.61. The van der Waals surface area contributed by atoms with Crippen molar-refractivity contribution in [2.45, 2.75) is 13.3 Å². The molecule has 3 heterocycles. The first-order chi connectivity index (χ1) is 10.2. The van der Waals surface area contributed by atoms with Crippen molar-refractivity contribution in [1.82, 2.24) is 19.4 Å². The fourth-order valence-corrected chi connectivity index (χ4v) is 3.29. The third-order valence-electron chi connectivity index (χ3n) is 3.65. The molecular formula is C14H19N5OS. The molecule has 1 aliphatic heterocycles. The molecule has 6 nitrogen and oxygen atoms in total. The third-order valence-corrected chi connectivity index (χ3v) is 4.85. The van der Waals surface area contributed by atoms with Crippen molar-refractivity contribution in [3.63, 3.8) is 0 Å². The van der Waals surface area contributed by atoms with Crippen molar-refractivity contribution in [2.75, 3.05) is 31.1 Å². The summed E-state index contributed by atoms with van der Waals surface area (Å²) in [6.07, 6.45) is 6.40. The van der Waals surface area contributed by atoms with E-state index in [0.717, 1.165) is 37.7 Å². The van der Waals surface area contributed by atoms with Crippen LogP contribution < -0.4 is 4.90 Å². The fourth-order valence-electron chi connectivity index (χ4n) is 2.39. The maximum Gasteiger partial charge on any atom is 0.274 e. The molecule has 2 aromatic heterocycles. The van der Waals surface area contributed by atoms with Crippen LogP contribution in [0.2, 0.25) is 0 Å². The van der Waals surface area contributed by atoms with Crippen LogP contribution in [0, 0.1) is 0 Å². The fraction of sp³-hybridized carbons (Fsp3) is 0.500. The average molecular weight is 305 g/mol. The van der Waals surface area contributed by atoms with Crippen LogP contribution in [0.5, 0.6) is 0 Å². The molecule has 0 N–H and O–H groups in total. The second kappa shape index (κ2) is 5.85. The Morgan fingerprint density at radius 1 is 1.29 bits per heavy atom. The first-order valence-corrected chi connectivity index (χ1v) is 7.96. The summed E-state index contributed by atoms with van der Waals surface area (Å²) in [4.78, 5) is 26.3. The number of piperazine rings is 1. The van der Waals surface area contributed by atoms with E-state index in [2.05, 4.69) is 21.8 Å². The Bertz CT molecular complexity index is 627. The molecule has 0 spiro atoms. The first kappa shape index (κ1) is 14.1.